The van der Waals surface area contributed by atoms with Crippen molar-refractivity contribution >= 4 is 18.7 Å². The SMILES string of the molecule is [K+].[K+].[O-]B([O-])Oc1c(F)sc(F)c1F. The number of halogens is 3. The molecule has 0 N–H and O–H groups in total. The fourth-order valence-corrected chi connectivity index (χ4v) is 1.11. The van der Waals surface area contributed by atoms with Crippen molar-refractivity contribution < 1.29 is 131 Å². The molecule has 0 atom stereocenters. The first-order valence-corrected chi connectivity index (χ1v) is 3.45. The Kier molecular flexibility index (Phi) is 11.6. The van der Waals surface area contributed by atoms with Gasteiger partial charge in [0.05, 0.1) is 0 Å². The molecule has 0 aliphatic carbocycles. The van der Waals surface area contributed by atoms with E-state index in [-0.39, 0.29) is 114 Å². The Bertz CT molecular complexity index is 298. The van der Waals surface area contributed by atoms with Crippen molar-refractivity contribution in [2.45, 2.75) is 0 Å². The number of thiophene rings is 1. The minimum absolute atomic E-state index is 0. The zero-order valence-corrected chi connectivity index (χ0v) is 14.4. The van der Waals surface area contributed by atoms with Crippen LogP contribution in [0.2, 0.25) is 0 Å². The Hall–Kier alpha value is 2.55. The number of hydrogen-bond donors (Lipinski definition) is 0. The van der Waals surface area contributed by atoms with Crippen LogP contribution in [0.4, 0.5) is 13.2 Å². The van der Waals surface area contributed by atoms with Gasteiger partial charge in [-0.3, -0.25) is 0 Å². The Morgan fingerprint density at radius 2 is 1.57 bits per heavy atom. The van der Waals surface area contributed by atoms with E-state index in [1.165, 1.54) is 0 Å². The summed E-state index contributed by atoms with van der Waals surface area (Å²) in [5, 5.41) is 16.7. The molecule has 0 saturated heterocycles. The summed E-state index contributed by atoms with van der Waals surface area (Å²) in [7, 11) is -2.87. The Morgan fingerprint density at radius 3 is 1.86 bits per heavy atom. The van der Waals surface area contributed by atoms with E-state index in [0.717, 1.165) is 0 Å². The zero-order chi connectivity index (χ0) is 9.30. The third kappa shape index (κ3) is 5.25. The molecule has 0 aliphatic rings. The van der Waals surface area contributed by atoms with Crippen LogP contribution in [0.15, 0.2) is 0 Å². The van der Waals surface area contributed by atoms with Gasteiger partial charge in [-0.15, -0.1) is 0 Å². The van der Waals surface area contributed by atoms with Crippen LogP contribution in [0.1, 0.15) is 0 Å². The Morgan fingerprint density at radius 1 is 1.07 bits per heavy atom. The van der Waals surface area contributed by atoms with E-state index in [1.54, 1.807) is 0 Å². The van der Waals surface area contributed by atoms with Crippen molar-refractivity contribution in [2.24, 2.45) is 0 Å². The van der Waals surface area contributed by atoms with Crippen molar-refractivity contribution in [3.8, 4) is 5.75 Å². The maximum absolute atomic E-state index is 12.4. The van der Waals surface area contributed by atoms with E-state index in [0.29, 0.717) is 0 Å². The normalized spacial score (nSPS) is 8.64. The van der Waals surface area contributed by atoms with Gasteiger partial charge in [-0.1, -0.05) is 11.3 Å². The molecular formula is C4BF3K2O3S. The van der Waals surface area contributed by atoms with E-state index in [1.807, 2.05) is 0 Å². The first kappa shape index (κ1) is 18.9. The standard InChI is InChI=1S/C4BF3O3S.2K/c6-1-2(11-5(9)10)4(8)12-3(1)7;;/q-2;2*+1. The van der Waals surface area contributed by atoms with E-state index in [2.05, 4.69) is 4.65 Å². The van der Waals surface area contributed by atoms with Gasteiger partial charge in [0.2, 0.25) is 16.1 Å². The van der Waals surface area contributed by atoms with Crippen molar-refractivity contribution in [1.29, 1.82) is 0 Å². The van der Waals surface area contributed by atoms with Crippen molar-refractivity contribution in [3.63, 3.8) is 0 Å². The molecule has 10 heteroatoms. The third-order valence-electron chi connectivity index (χ3n) is 0.944. The van der Waals surface area contributed by atoms with Crippen LogP contribution in [-0.2, 0) is 0 Å². The van der Waals surface area contributed by atoms with Crippen LogP contribution in [0, 0.1) is 16.1 Å². The van der Waals surface area contributed by atoms with Gasteiger partial charge in [0.25, 0.3) is 0 Å². The van der Waals surface area contributed by atoms with Gasteiger partial charge < -0.3 is 14.7 Å². The zero-order valence-electron chi connectivity index (χ0n) is 7.34. The predicted octanol–water partition coefficient (Wildman–Crippen LogP) is -6.74. The van der Waals surface area contributed by atoms with E-state index < -0.39 is 29.1 Å². The molecule has 0 fully saturated rings. The second-order valence-corrected chi connectivity index (χ2v) is 2.62. The summed E-state index contributed by atoms with van der Waals surface area (Å²) < 4.78 is 40.5. The van der Waals surface area contributed by atoms with Gasteiger partial charge in [0.15, 0.2) is 5.75 Å². The van der Waals surface area contributed by atoms with Gasteiger partial charge in [0, 0.05) is 0 Å². The molecule has 0 saturated carbocycles. The summed E-state index contributed by atoms with van der Waals surface area (Å²) in [6, 6.07) is 0. The average Bonchev–Trinajstić information content (AvgIpc) is 2.16. The molecule has 66 valence electrons. The second-order valence-electron chi connectivity index (χ2n) is 1.70. The van der Waals surface area contributed by atoms with Crippen LogP contribution < -0.4 is 117 Å². The van der Waals surface area contributed by atoms with Crippen LogP contribution >= 0.6 is 11.3 Å². The smallest absolute Gasteiger partial charge is 0.860 e. The molecule has 0 unspecified atom stereocenters. The predicted molar refractivity (Wildman–Crippen MR) is 30.6 cm³/mol. The molecule has 14 heavy (non-hydrogen) atoms. The van der Waals surface area contributed by atoms with Crippen LogP contribution in [-0.4, -0.2) is 7.32 Å². The molecule has 1 aromatic heterocycles. The van der Waals surface area contributed by atoms with E-state index in [4.69, 9.17) is 0 Å². The minimum atomic E-state index is -2.87. The van der Waals surface area contributed by atoms with Crippen LogP contribution in [0.3, 0.4) is 0 Å². The average molecular weight is 274 g/mol. The fraction of sp³-hybridized carbons (Fsp3) is 0. The van der Waals surface area contributed by atoms with Crippen LogP contribution in [0.5, 0.6) is 5.75 Å². The van der Waals surface area contributed by atoms with Crippen LogP contribution in [0.25, 0.3) is 0 Å². The topological polar surface area (TPSA) is 55.3 Å². The molecule has 0 bridgehead atoms. The summed E-state index contributed by atoms with van der Waals surface area (Å²) in [6.07, 6.45) is 0. The van der Waals surface area contributed by atoms with E-state index in [9.17, 15) is 23.2 Å². The maximum Gasteiger partial charge on any atom is 1.00 e. The third-order valence-corrected chi connectivity index (χ3v) is 1.67. The summed E-state index contributed by atoms with van der Waals surface area (Å²) in [4.78, 5) is 0. The molecule has 1 rings (SSSR count). The monoisotopic (exact) mass is 274 g/mol. The summed E-state index contributed by atoms with van der Waals surface area (Å²) in [5.74, 6) is -2.89. The Balaban J connectivity index is 0. The molecule has 1 heterocycles. The maximum atomic E-state index is 12.4. The summed E-state index contributed by atoms with van der Waals surface area (Å²) in [5.41, 5.74) is 0. The quantitative estimate of drug-likeness (QED) is 0.504. The number of rotatable bonds is 2. The second kappa shape index (κ2) is 8.61. The Labute approximate surface area is 167 Å². The molecular weight excluding hydrogens is 274 g/mol. The molecule has 0 amide bonds. The first-order chi connectivity index (χ1) is 5.52. The fourth-order valence-electron chi connectivity index (χ4n) is 0.540. The molecule has 0 spiro atoms. The molecule has 1 aromatic rings. The van der Waals surface area contributed by atoms with Crippen molar-refractivity contribution in [3.05, 3.63) is 16.1 Å². The largest absolute Gasteiger partial charge is 1.00 e. The van der Waals surface area contributed by atoms with Gasteiger partial charge in [0.1, 0.15) is 7.32 Å². The molecule has 0 aromatic carbocycles. The number of hydrogen-bond acceptors (Lipinski definition) is 4. The molecule has 0 aliphatic heterocycles. The van der Waals surface area contributed by atoms with Gasteiger partial charge in [-0.05, 0) is 0 Å². The van der Waals surface area contributed by atoms with Gasteiger partial charge >= 0.3 is 103 Å². The van der Waals surface area contributed by atoms with Crippen molar-refractivity contribution in [1.82, 2.24) is 0 Å². The van der Waals surface area contributed by atoms with Crippen molar-refractivity contribution in [2.75, 3.05) is 0 Å². The summed E-state index contributed by atoms with van der Waals surface area (Å²) >= 11 is -0.173. The molecule has 3 nitrogen and oxygen atoms in total. The summed E-state index contributed by atoms with van der Waals surface area (Å²) in [6.45, 7) is 0. The van der Waals surface area contributed by atoms with E-state index >= 15 is 0 Å². The molecule has 0 radical (unpaired) electrons. The van der Waals surface area contributed by atoms with Gasteiger partial charge in [-0.2, -0.15) is 13.2 Å². The first-order valence-electron chi connectivity index (χ1n) is 2.64. The minimum Gasteiger partial charge on any atom is -0.860 e. The van der Waals surface area contributed by atoms with Gasteiger partial charge in [-0.25, -0.2) is 0 Å².